The minimum atomic E-state index is -0.400. The van der Waals surface area contributed by atoms with Crippen LogP contribution in [-0.2, 0) is 4.79 Å². The zero-order valence-electron chi connectivity index (χ0n) is 11.8. The molecule has 2 aromatic carbocycles. The van der Waals surface area contributed by atoms with Gasteiger partial charge in [-0.25, -0.2) is 0 Å². The van der Waals surface area contributed by atoms with Gasteiger partial charge in [-0.15, -0.1) is 0 Å². The van der Waals surface area contributed by atoms with Crippen molar-refractivity contribution in [3.63, 3.8) is 0 Å². The highest BCUT2D eigenvalue weighted by atomic mass is 35.5. The summed E-state index contributed by atoms with van der Waals surface area (Å²) >= 11 is 12.0. The summed E-state index contributed by atoms with van der Waals surface area (Å²) in [5.74, 6) is -0.144. The Labute approximate surface area is 134 Å². The summed E-state index contributed by atoms with van der Waals surface area (Å²) in [5.41, 5.74) is 2.47. The molecule has 2 rings (SSSR count). The van der Waals surface area contributed by atoms with E-state index in [-0.39, 0.29) is 5.91 Å². The third kappa shape index (κ3) is 4.38. The molecule has 0 aromatic heterocycles. The van der Waals surface area contributed by atoms with E-state index in [9.17, 15) is 4.79 Å². The maximum atomic E-state index is 12.1. The van der Waals surface area contributed by atoms with E-state index in [2.05, 4.69) is 10.6 Å². The second kappa shape index (κ2) is 6.83. The van der Waals surface area contributed by atoms with Gasteiger partial charge in [0.1, 0.15) is 6.04 Å². The van der Waals surface area contributed by atoms with Gasteiger partial charge in [0.2, 0.25) is 5.91 Å². The highest BCUT2D eigenvalue weighted by molar-refractivity contribution is 6.31. The molecule has 0 saturated carbocycles. The lowest BCUT2D eigenvalue weighted by molar-refractivity contribution is -0.116. The number of carbonyl (C=O) groups excluding carboxylic acids is 1. The Kier molecular flexibility index (Phi) is 5.10. The van der Waals surface area contributed by atoms with Crippen LogP contribution >= 0.6 is 23.2 Å². The van der Waals surface area contributed by atoms with Crippen molar-refractivity contribution in [3.05, 3.63) is 58.1 Å². The lowest BCUT2D eigenvalue weighted by Crippen LogP contribution is -2.31. The van der Waals surface area contributed by atoms with Gasteiger partial charge in [0, 0.05) is 21.4 Å². The van der Waals surface area contributed by atoms with E-state index >= 15 is 0 Å². The van der Waals surface area contributed by atoms with Gasteiger partial charge in [-0.1, -0.05) is 35.3 Å². The molecule has 0 saturated heterocycles. The van der Waals surface area contributed by atoms with Gasteiger partial charge in [-0.05, 0) is 49.7 Å². The molecule has 2 N–H and O–H groups in total. The fourth-order valence-electron chi connectivity index (χ4n) is 1.81. The SMILES string of the molecule is Cc1ccc(N[C@H](C)C(=O)Nc2cccc(Cl)c2)cc1Cl. The van der Waals surface area contributed by atoms with Crippen molar-refractivity contribution < 1.29 is 4.79 Å². The molecule has 0 bridgehead atoms. The lowest BCUT2D eigenvalue weighted by Gasteiger charge is -2.16. The van der Waals surface area contributed by atoms with Crippen LogP contribution in [-0.4, -0.2) is 11.9 Å². The Morgan fingerprint density at radius 1 is 1.10 bits per heavy atom. The molecule has 0 heterocycles. The first-order chi connectivity index (χ1) is 9.95. The topological polar surface area (TPSA) is 41.1 Å². The van der Waals surface area contributed by atoms with Crippen molar-refractivity contribution in [1.29, 1.82) is 0 Å². The molecule has 1 atom stereocenters. The van der Waals surface area contributed by atoms with Crippen LogP contribution in [0.5, 0.6) is 0 Å². The zero-order chi connectivity index (χ0) is 15.4. The first-order valence-corrected chi connectivity index (χ1v) is 7.30. The zero-order valence-corrected chi connectivity index (χ0v) is 13.3. The average molecular weight is 323 g/mol. The van der Waals surface area contributed by atoms with Crippen molar-refractivity contribution in [2.75, 3.05) is 10.6 Å². The fourth-order valence-corrected chi connectivity index (χ4v) is 2.19. The Morgan fingerprint density at radius 3 is 2.52 bits per heavy atom. The Bertz CT molecular complexity index is 658. The maximum absolute atomic E-state index is 12.1. The predicted octanol–water partition coefficient (Wildman–Crippen LogP) is 4.74. The summed E-state index contributed by atoms with van der Waals surface area (Å²) in [4.78, 5) is 12.1. The molecule has 1 amide bonds. The third-order valence-corrected chi connectivity index (χ3v) is 3.68. The third-order valence-electron chi connectivity index (χ3n) is 3.04. The normalized spacial score (nSPS) is 11.8. The second-order valence-corrected chi connectivity index (χ2v) is 5.67. The van der Waals surface area contributed by atoms with Gasteiger partial charge >= 0.3 is 0 Å². The summed E-state index contributed by atoms with van der Waals surface area (Å²) < 4.78 is 0. The van der Waals surface area contributed by atoms with Crippen LogP contribution in [0.15, 0.2) is 42.5 Å². The van der Waals surface area contributed by atoms with Gasteiger partial charge in [-0.3, -0.25) is 4.79 Å². The molecule has 0 aliphatic rings. The first kappa shape index (κ1) is 15.7. The standard InChI is InChI=1S/C16H16Cl2N2O/c1-10-6-7-14(9-15(10)18)19-11(2)16(21)20-13-5-3-4-12(17)8-13/h3-9,11,19H,1-2H3,(H,20,21)/t11-/m1/s1. The van der Waals surface area contributed by atoms with E-state index in [4.69, 9.17) is 23.2 Å². The highest BCUT2D eigenvalue weighted by Crippen LogP contribution is 2.21. The quantitative estimate of drug-likeness (QED) is 0.853. The Hall–Kier alpha value is -1.71. The number of halogens is 2. The fraction of sp³-hybridized carbons (Fsp3) is 0.188. The molecular formula is C16H16Cl2N2O. The molecular weight excluding hydrogens is 307 g/mol. The second-order valence-electron chi connectivity index (χ2n) is 4.83. The van der Waals surface area contributed by atoms with Crippen LogP contribution < -0.4 is 10.6 Å². The van der Waals surface area contributed by atoms with Crippen molar-refractivity contribution in [2.24, 2.45) is 0 Å². The molecule has 0 radical (unpaired) electrons. The van der Waals surface area contributed by atoms with Crippen LogP contribution in [0.2, 0.25) is 10.0 Å². The number of benzene rings is 2. The molecule has 0 unspecified atom stereocenters. The Balaban J connectivity index is 2.00. The summed E-state index contributed by atoms with van der Waals surface area (Å²) in [6.07, 6.45) is 0. The van der Waals surface area contributed by atoms with Gasteiger partial charge in [0.25, 0.3) is 0 Å². The number of anilines is 2. The molecule has 110 valence electrons. The van der Waals surface area contributed by atoms with E-state index in [0.717, 1.165) is 11.3 Å². The molecule has 0 aliphatic carbocycles. The number of aryl methyl sites for hydroxylation is 1. The van der Waals surface area contributed by atoms with E-state index in [1.807, 2.05) is 19.1 Å². The number of amides is 1. The molecule has 2 aromatic rings. The van der Waals surface area contributed by atoms with Gasteiger partial charge in [-0.2, -0.15) is 0 Å². The monoisotopic (exact) mass is 322 g/mol. The van der Waals surface area contributed by atoms with Crippen LogP contribution in [0, 0.1) is 6.92 Å². The van der Waals surface area contributed by atoms with E-state index in [1.54, 1.807) is 37.3 Å². The molecule has 0 aliphatic heterocycles. The number of hydrogen-bond donors (Lipinski definition) is 2. The van der Waals surface area contributed by atoms with Crippen molar-refractivity contribution in [3.8, 4) is 0 Å². The maximum Gasteiger partial charge on any atom is 0.246 e. The van der Waals surface area contributed by atoms with Crippen LogP contribution in [0.4, 0.5) is 11.4 Å². The predicted molar refractivity (Wildman–Crippen MR) is 89.4 cm³/mol. The van der Waals surface area contributed by atoms with Gasteiger partial charge in [0.15, 0.2) is 0 Å². The Morgan fingerprint density at radius 2 is 1.86 bits per heavy atom. The molecule has 5 heteroatoms. The smallest absolute Gasteiger partial charge is 0.246 e. The van der Waals surface area contributed by atoms with E-state index in [0.29, 0.717) is 15.7 Å². The molecule has 21 heavy (non-hydrogen) atoms. The average Bonchev–Trinajstić information content (AvgIpc) is 2.43. The highest BCUT2D eigenvalue weighted by Gasteiger charge is 2.13. The first-order valence-electron chi connectivity index (χ1n) is 6.55. The molecule has 0 spiro atoms. The van der Waals surface area contributed by atoms with Crippen molar-refractivity contribution in [2.45, 2.75) is 19.9 Å². The van der Waals surface area contributed by atoms with Gasteiger partial charge in [0.05, 0.1) is 0 Å². The number of carbonyl (C=O) groups is 1. The van der Waals surface area contributed by atoms with Crippen molar-refractivity contribution in [1.82, 2.24) is 0 Å². The summed E-state index contributed by atoms with van der Waals surface area (Å²) in [6.45, 7) is 3.72. The largest absolute Gasteiger partial charge is 0.374 e. The summed E-state index contributed by atoms with van der Waals surface area (Å²) in [7, 11) is 0. The summed E-state index contributed by atoms with van der Waals surface area (Å²) in [5, 5.41) is 7.18. The van der Waals surface area contributed by atoms with Crippen LogP contribution in [0.25, 0.3) is 0 Å². The van der Waals surface area contributed by atoms with E-state index in [1.165, 1.54) is 0 Å². The van der Waals surface area contributed by atoms with Gasteiger partial charge < -0.3 is 10.6 Å². The minimum absolute atomic E-state index is 0.144. The van der Waals surface area contributed by atoms with Crippen molar-refractivity contribution >= 4 is 40.5 Å². The lowest BCUT2D eigenvalue weighted by atomic mass is 10.2. The van der Waals surface area contributed by atoms with Crippen LogP contribution in [0.3, 0.4) is 0 Å². The molecule has 3 nitrogen and oxygen atoms in total. The number of hydrogen-bond acceptors (Lipinski definition) is 2. The van der Waals surface area contributed by atoms with E-state index < -0.39 is 6.04 Å². The minimum Gasteiger partial charge on any atom is -0.374 e. The number of rotatable bonds is 4. The number of nitrogens with one attached hydrogen (secondary N) is 2. The van der Waals surface area contributed by atoms with Crippen LogP contribution in [0.1, 0.15) is 12.5 Å². The molecule has 0 fully saturated rings. The summed E-state index contributed by atoms with van der Waals surface area (Å²) in [6, 6.07) is 12.2.